The van der Waals surface area contributed by atoms with E-state index in [1.165, 1.54) is 0 Å². The number of nitrogens with one attached hydrogen (secondary N) is 1. The van der Waals surface area contributed by atoms with Crippen LogP contribution < -0.4 is 5.32 Å². The van der Waals surface area contributed by atoms with Crippen LogP contribution in [0.25, 0.3) is 0 Å². The highest BCUT2D eigenvalue weighted by Crippen LogP contribution is 2.20. The van der Waals surface area contributed by atoms with Crippen molar-refractivity contribution in [1.29, 1.82) is 0 Å². The fraction of sp³-hybridized carbons (Fsp3) is 0.933. The molecule has 3 unspecified atom stereocenters. The Hall–Kier alpha value is -0.810. The van der Waals surface area contributed by atoms with Gasteiger partial charge in [0.25, 0.3) is 0 Å². The molecule has 5 nitrogen and oxygen atoms in total. The molecule has 2 rings (SSSR count). The maximum atomic E-state index is 12.0. The van der Waals surface area contributed by atoms with Crippen molar-refractivity contribution < 1.29 is 14.3 Å². The molecule has 0 aromatic carbocycles. The zero-order chi connectivity index (χ0) is 14.8. The van der Waals surface area contributed by atoms with E-state index in [-0.39, 0.29) is 6.09 Å². The van der Waals surface area contributed by atoms with E-state index in [4.69, 9.17) is 9.47 Å². The van der Waals surface area contributed by atoms with Gasteiger partial charge in [-0.2, -0.15) is 0 Å². The fourth-order valence-corrected chi connectivity index (χ4v) is 2.84. The van der Waals surface area contributed by atoms with Crippen molar-refractivity contribution in [2.75, 3.05) is 26.3 Å². The summed E-state index contributed by atoms with van der Waals surface area (Å²) in [5, 5.41) is 3.64. The van der Waals surface area contributed by atoms with E-state index in [0.29, 0.717) is 18.0 Å². The van der Waals surface area contributed by atoms with E-state index in [1.807, 2.05) is 20.8 Å². The number of carbonyl (C=O) groups is 1. The van der Waals surface area contributed by atoms with Crippen LogP contribution >= 0.6 is 0 Å². The van der Waals surface area contributed by atoms with Gasteiger partial charge in [-0.25, -0.2) is 4.79 Å². The smallest absolute Gasteiger partial charge is 0.410 e. The standard InChI is InChI=1S/C15H28N2O3/c1-11(12-6-8-19-10-12)16-13-5-7-17(9-13)14(18)20-15(2,3)4/h11-13,16H,5-10H2,1-4H3. The van der Waals surface area contributed by atoms with Crippen LogP contribution in [0.4, 0.5) is 4.79 Å². The Balaban J connectivity index is 1.75. The van der Waals surface area contributed by atoms with Crippen molar-refractivity contribution >= 4 is 6.09 Å². The summed E-state index contributed by atoms with van der Waals surface area (Å²) in [4.78, 5) is 13.8. The Labute approximate surface area is 122 Å². The lowest BCUT2D eigenvalue weighted by atomic mass is 10.00. The molecule has 0 aromatic rings. The number of likely N-dealkylation sites (tertiary alicyclic amines) is 1. The molecule has 0 spiro atoms. The summed E-state index contributed by atoms with van der Waals surface area (Å²) < 4.78 is 10.8. The van der Waals surface area contributed by atoms with Crippen molar-refractivity contribution in [2.24, 2.45) is 5.92 Å². The Bertz CT molecular complexity index is 335. The van der Waals surface area contributed by atoms with Crippen LogP contribution in [-0.4, -0.2) is 55.0 Å². The summed E-state index contributed by atoms with van der Waals surface area (Å²) >= 11 is 0. The number of nitrogens with zero attached hydrogens (tertiary/aromatic N) is 1. The maximum absolute atomic E-state index is 12.0. The number of carbonyl (C=O) groups excluding carboxylic acids is 1. The van der Waals surface area contributed by atoms with Gasteiger partial charge in [0.2, 0.25) is 0 Å². The zero-order valence-corrected chi connectivity index (χ0v) is 13.1. The number of ether oxygens (including phenoxy) is 2. The highest BCUT2D eigenvalue weighted by atomic mass is 16.6. The molecule has 2 saturated heterocycles. The third-order valence-corrected chi connectivity index (χ3v) is 4.01. The number of hydrogen-bond acceptors (Lipinski definition) is 4. The topological polar surface area (TPSA) is 50.8 Å². The minimum atomic E-state index is -0.420. The Morgan fingerprint density at radius 2 is 2.15 bits per heavy atom. The van der Waals surface area contributed by atoms with Crippen molar-refractivity contribution in [1.82, 2.24) is 10.2 Å². The van der Waals surface area contributed by atoms with E-state index < -0.39 is 5.60 Å². The molecule has 0 aromatic heterocycles. The summed E-state index contributed by atoms with van der Waals surface area (Å²) in [7, 11) is 0. The normalized spacial score (nSPS) is 28.7. The molecule has 3 atom stereocenters. The summed E-state index contributed by atoms with van der Waals surface area (Å²) in [6.07, 6.45) is 1.94. The molecular weight excluding hydrogens is 256 g/mol. The zero-order valence-electron chi connectivity index (χ0n) is 13.1. The first-order chi connectivity index (χ1) is 9.35. The van der Waals surface area contributed by atoms with Crippen LogP contribution in [0, 0.1) is 5.92 Å². The first-order valence-electron chi connectivity index (χ1n) is 7.67. The summed E-state index contributed by atoms with van der Waals surface area (Å²) in [6.45, 7) is 11.2. The van der Waals surface area contributed by atoms with Gasteiger partial charge in [-0.1, -0.05) is 0 Å². The second kappa shape index (κ2) is 6.31. The van der Waals surface area contributed by atoms with Gasteiger partial charge in [-0.15, -0.1) is 0 Å². The van der Waals surface area contributed by atoms with Gasteiger partial charge in [-0.3, -0.25) is 0 Å². The largest absolute Gasteiger partial charge is 0.444 e. The average molecular weight is 284 g/mol. The number of amides is 1. The second-order valence-corrected chi connectivity index (χ2v) is 6.99. The first kappa shape index (κ1) is 15.6. The van der Waals surface area contributed by atoms with Crippen LogP contribution in [0.3, 0.4) is 0 Å². The third-order valence-electron chi connectivity index (χ3n) is 4.01. The van der Waals surface area contributed by atoms with Gasteiger partial charge >= 0.3 is 6.09 Å². The monoisotopic (exact) mass is 284 g/mol. The molecule has 2 fully saturated rings. The van der Waals surface area contributed by atoms with Crippen LogP contribution in [0.5, 0.6) is 0 Å². The fourth-order valence-electron chi connectivity index (χ4n) is 2.84. The van der Waals surface area contributed by atoms with Crippen LogP contribution in [0.2, 0.25) is 0 Å². The van der Waals surface area contributed by atoms with E-state index in [2.05, 4.69) is 12.2 Å². The molecule has 0 aliphatic carbocycles. The molecule has 5 heteroatoms. The van der Waals surface area contributed by atoms with Gasteiger partial charge < -0.3 is 19.7 Å². The Kier molecular flexibility index (Phi) is 4.91. The summed E-state index contributed by atoms with van der Waals surface area (Å²) in [6, 6.07) is 0.819. The van der Waals surface area contributed by atoms with Crippen LogP contribution in [0.15, 0.2) is 0 Å². The second-order valence-electron chi connectivity index (χ2n) is 6.99. The molecule has 1 N–H and O–H groups in total. The van der Waals surface area contributed by atoms with Crippen LogP contribution in [0.1, 0.15) is 40.5 Å². The summed E-state index contributed by atoms with van der Waals surface area (Å²) in [5.41, 5.74) is -0.420. The molecule has 116 valence electrons. The molecule has 2 aliphatic rings. The number of rotatable bonds is 3. The highest BCUT2D eigenvalue weighted by molar-refractivity contribution is 5.68. The SMILES string of the molecule is CC(NC1CCN(C(=O)OC(C)(C)C)C1)C1CCOC1. The molecule has 0 bridgehead atoms. The van der Waals surface area contributed by atoms with Crippen LogP contribution in [-0.2, 0) is 9.47 Å². The molecular formula is C15H28N2O3. The van der Waals surface area contributed by atoms with Gasteiger partial charge in [0.05, 0.1) is 6.61 Å². The van der Waals surface area contributed by atoms with E-state index >= 15 is 0 Å². The minimum absolute atomic E-state index is 0.196. The molecule has 0 saturated carbocycles. The molecule has 20 heavy (non-hydrogen) atoms. The predicted molar refractivity (Wildman–Crippen MR) is 77.7 cm³/mol. The molecule has 2 aliphatic heterocycles. The molecule has 2 heterocycles. The van der Waals surface area contributed by atoms with E-state index in [0.717, 1.165) is 39.1 Å². The lowest BCUT2D eigenvalue weighted by Crippen LogP contribution is -2.43. The van der Waals surface area contributed by atoms with Gasteiger partial charge in [0, 0.05) is 31.8 Å². The third kappa shape index (κ3) is 4.35. The quantitative estimate of drug-likeness (QED) is 0.861. The number of hydrogen-bond donors (Lipinski definition) is 1. The van der Waals surface area contributed by atoms with E-state index in [1.54, 1.807) is 4.90 Å². The lowest BCUT2D eigenvalue weighted by molar-refractivity contribution is 0.0290. The highest BCUT2D eigenvalue weighted by Gasteiger charge is 2.32. The first-order valence-corrected chi connectivity index (χ1v) is 7.67. The van der Waals surface area contributed by atoms with E-state index in [9.17, 15) is 4.79 Å². The van der Waals surface area contributed by atoms with Crippen molar-refractivity contribution in [2.45, 2.75) is 58.2 Å². The maximum Gasteiger partial charge on any atom is 0.410 e. The average Bonchev–Trinajstić information content (AvgIpc) is 2.97. The van der Waals surface area contributed by atoms with Gasteiger partial charge in [0.1, 0.15) is 5.60 Å². The minimum Gasteiger partial charge on any atom is -0.444 e. The Morgan fingerprint density at radius 1 is 1.40 bits per heavy atom. The van der Waals surface area contributed by atoms with Gasteiger partial charge in [-0.05, 0) is 46.5 Å². The van der Waals surface area contributed by atoms with Gasteiger partial charge in [0.15, 0.2) is 0 Å². The Morgan fingerprint density at radius 3 is 2.75 bits per heavy atom. The van der Waals surface area contributed by atoms with Crippen molar-refractivity contribution in [3.8, 4) is 0 Å². The lowest BCUT2D eigenvalue weighted by Gasteiger charge is -2.26. The molecule has 1 amide bonds. The molecule has 0 radical (unpaired) electrons. The summed E-state index contributed by atoms with van der Waals surface area (Å²) in [5.74, 6) is 0.602. The van der Waals surface area contributed by atoms with Crippen molar-refractivity contribution in [3.05, 3.63) is 0 Å². The van der Waals surface area contributed by atoms with Crippen molar-refractivity contribution in [3.63, 3.8) is 0 Å². The predicted octanol–water partition coefficient (Wildman–Crippen LogP) is 2.01.